The van der Waals surface area contributed by atoms with Gasteiger partial charge in [0, 0.05) is 30.3 Å². The Morgan fingerprint density at radius 2 is 2.26 bits per heavy atom. The summed E-state index contributed by atoms with van der Waals surface area (Å²) >= 11 is 1.51. The Kier molecular flexibility index (Phi) is 4.67. The molecule has 2 saturated heterocycles. The predicted octanol–water partition coefficient (Wildman–Crippen LogP) is 0.397. The molecule has 0 radical (unpaired) electrons. The summed E-state index contributed by atoms with van der Waals surface area (Å²) in [6, 6.07) is 0.183. The summed E-state index contributed by atoms with van der Waals surface area (Å²) in [6.45, 7) is 2.40. The first-order valence-corrected chi connectivity index (χ1v) is 7.45. The van der Waals surface area contributed by atoms with Gasteiger partial charge in [-0.15, -0.1) is 11.8 Å². The highest BCUT2D eigenvalue weighted by atomic mass is 32.2. The summed E-state index contributed by atoms with van der Waals surface area (Å²) in [7, 11) is 0. The normalized spacial score (nSPS) is 37.7. The zero-order chi connectivity index (χ0) is 14.0. The topological polar surface area (TPSA) is 78.4 Å². The number of hydrogen-bond acceptors (Lipinski definition) is 4. The van der Waals surface area contributed by atoms with Gasteiger partial charge in [-0.05, 0) is 6.42 Å². The van der Waals surface area contributed by atoms with Gasteiger partial charge in [0.2, 0.25) is 5.91 Å². The maximum Gasteiger partial charge on any atom is 0.305 e. The number of carbonyl (C=O) groups excluding carboxylic acids is 1. The van der Waals surface area contributed by atoms with E-state index in [0.717, 1.165) is 0 Å². The molecule has 5 nitrogen and oxygen atoms in total. The fraction of sp³-hybridized carbons (Fsp3) is 0.833. The Morgan fingerprint density at radius 1 is 1.53 bits per heavy atom. The van der Waals surface area contributed by atoms with Gasteiger partial charge in [0.05, 0.1) is 11.7 Å². The molecule has 108 valence electrons. The van der Waals surface area contributed by atoms with Gasteiger partial charge in [0.25, 0.3) is 0 Å². The van der Waals surface area contributed by atoms with Crippen molar-refractivity contribution >= 4 is 23.6 Å². The van der Waals surface area contributed by atoms with Gasteiger partial charge in [-0.2, -0.15) is 0 Å². The van der Waals surface area contributed by atoms with E-state index < -0.39 is 12.1 Å². The molecule has 7 heteroatoms. The minimum absolute atomic E-state index is 0.0481. The molecule has 5 unspecified atom stereocenters. The lowest BCUT2D eigenvalue weighted by molar-refractivity contribution is -0.136. The van der Waals surface area contributed by atoms with Crippen LogP contribution in [0.2, 0.25) is 0 Å². The number of halogens is 1. The Balaban J connectivity index is 1.83. The molecule has 0 aromatic carbocycles. The molecule has 0 saturated carbocycles. The number of carbonyl (C=O) groups is 2. The van der Waals surface area contributed by atoms with Crippen LogP contribution in [-0.2, 0) is 9.59 Å². The first-order chi connectivity index (χ1) is 8.99. The minimum Gasteiger partial charge on any atom is -0.481 e. The highest BCUT2D eigenvalue weighted by Crippen LogP contribution is 2.41. The van der Waals surface area contributed by atoms with Gasteiger partial charge in [-0.25, -0.2) is 4.39 Å². The van der Waals surface area contributed by atoms with Gasteiger partial charge < -0.3 is 15.7 Å². The van der Waals surface area contributed by atoms with Crippen molar-refractivity contribution in [2.75, 3.05) is 13.1 Å². The second kappa shape index (κ2) is 6.09. The first-order valence-electron chi connectivity index (χ1n) is 6.51. The summed E-state index contributed by atoms with van der Waals surface area (Å²) in [5, 5.41) is 14.2. The molecule has 0 aromatic heterocycles. The minimum atomic E-state index is -0.927. The molecular weight excluding hydrogens is 271 g/mol. The molecule has 0 aliphatic carbocycles. The zero-order valence-electron chi connectivity index (χ0n) is 10.8. The Bertz CT molecular complexity index is 369. The van der Waals surface area contributed by atoms with Gasteiger partial charge >= 0.3 is 5.97 Å². The molecule has 0 bridgehead atoms. The maximum absolute atomic E-state index is 13.6. The lowest BCUT2D eigenvalue weighted by Crippen LogP contribution is -2.50. The fourth-order valence-electron chi connectivity index (χ4n) is 2.63. The number of rotatable bonds is 4. The van der Waals surface area contributed by atoms with Crippen LogP contribution in [0.5, 0.6) is 0 Å². The molecule has 19 heavy (non-hydrogen) atoms. The van der Waals surface area contributed by atoms with Crippen molar-refractivity contribution < 1.29 is 19.1 Å². The van der Waals surface area contributed by atoms with Crippen LogP contribution in [0.1, 0.15) is 19.8 Å². The third kappa shape index (κ3) is 3.39. The zero-order valence-corrected chi connectivity index (χ0v) is 11.6. The summed E-state index contributed by atoms with van der Waals surface area (Å²) in [5.74, 6) is -1.11. The van der Waals surface area contributed by atoms with E-state index in [2.05, 4.69) is 10.6 Å². The molecule has 0 spiro atoms. The van der Waals surface area contributed by atoms with Crippen LogP contribution in [-0.4, -0.2) is 52.8 Å². The van der Waals surface area contributed by atoms with Gasteiger partial charge in [-0.3, -0.25) is 9.59 Å². The van der Waals surface area contributed by atoms with Crippen LogP contribution >= 0.6 is 11.8 Å². The summed E-state index contributed by atoms with van der Waals surface area (Å²) in [5.41, 5.74) is 0. The predicted molar refractivity (Wildman–Crippen MR) is 70.9 cm³/mol. The number of piperidine rings is 1. The van der Waals surface area contributed by atoms with Crippen molar-refractivity contribution in [2.45, 2.75) is 42.5 Å². The standard InChI is InChI=1S/C12H19FN2O3S/c1-6-7(13)5-15-8-4-9(19-11(6)8)12(18)14-3-2-10(16)17/h6-9,11,15H,2-5H2,1H3,(H,14,18)(H,16,17). The molecular formula is C12H19FN2O3S. The third-order valence-corrected chi connectivity index (χ3v) is 5.59. The van der Waals surface area contributed by atoms with Crippen LogP contribution < -0.4 is 10.6 Å². The lowest BCUT2D eigenvalue weighted by atomic mass is 9.90. The van der Waals surface area contributed by atoms with Crippen LogP contribution in [0.3, 0.4) is 0 Å². The number of aliphatic carboxylic acids is 1. The average Bonchev–Trinajstić information content (AvgIpc) is 2.78. The lowest BCUT2D eigenvalue weighted by Gasteiger charge is -2.34. The van der Waals surface area contributed by atoms with Crippen LogP contribution in [0.15, 0.2) is 0 Å². The number of carboxylic acids is 1. The molecule has 2 rings (SSSR count). The molecule has 2 fully saturated rings. The number of amides is 1. The van der Waals surface area contributed by atoms with Crippen molar-refractivity contribution in [3.8, 4) is 0 Å². The Morgan fingerprint density at radius 3 is 2.95 bits per heavy atom. The monoisotopic (exact) mass is 290 g/mol. The molecule has 1 amide bonds. The molecule has 2 aliphatic heterocycles. The van der Waals surface area contributed by atoms with Crippen molar-refractivity contribution in [1.82, 2.24) is 10.6 Å². The van der Waals surface area contributed by atoms with Crippen molar-refractivity contribution in [3.05, 3.63) is 0 Å². The Labute approximate surface area is 115 Å². The van der Waals surface area contributed by atoms with E-state index in [1.165, 1.54) is 11.8 Å². The van der Waals surface area contributed by atoms with Crippen molar-refractivity contribution in [2.24, 2.45) is 5.92 Å². The molecule has 2 aliphatic rings. The van der Waals surface area contributed by atoms with E-state index in [0.29, 0.717) is 13.0 Å². The van der Waals surface area contributed by atoms with E-state index in [-0.39, 0.29) is 41.3 Å². The summed E-state index contributed by atoms with van der Waals surface area (Å²) in [6.07, 6.45) is -0.245. The molecule has 5 atom stereocenters. The molecule has 2 heterocycles. The van der Waals surface area contributed by atoms with Crippen LogP contribution in [0.25, 0.3) is 0 Å². The Hall–Kier alpha value is -0.820. The SMILES string of the molecule is CC1C(F)CNC2CC(C(=O)NCCC(=O)O)SC21. The van der Waals surface area contributed by atoms with E-state index in [1.807, 2.05) is 6.92 Å². The largest absolute Gasteiger partial charge is 0.481 e. The molecule has 0 aromatic rings. The van der Waals surface area contributed by atoms with Gasteiger partial charge in [0.1, 0.15) is 6.17 Å². The summed E-state index contributed by atoms with van der Waals surface area (Å²) < 4.78 is 13.6. The van der Waals surface area contributed by atoms with Gasteiger partial charge in [-0.1, -0.05) is 6.92 Å². The van der Waals surface area contributed by atoms with Gasteiger partial charge in [0.15, 0.2) is 0 Å². The smallest absolute Gasteiger partial charge is 0.305 e. The number of alkyl halides is 1. The molecule has 3 N–H and O–H groups in total. The number of hydrogen-bond donors (Lipinski definition) is 3. The average molecular weight is 290 g/mol. The van der Waals surface area contributed by atoms with Crippen molar-refractivity contribution in [1.29, 1.82) is 0 Å². The first kappa shape index (κ1) is 14.6. The van der Waals surface area contributed by atoms with E-state index >= 15 is 0 Å². The van der Waals surface area contributed by atoms with Crippen LogP contribution in [0.4, 0.5) is 4.39 Å². The quantitative estimate of drug-likeness (QED) is 0.698. The van der Waals surface area contributed by atoms with E-state index in [1.54, 1.807) is 0 Å². The number of thioether (sulfide) groups is 1. The third-order valence-electron chi connectivity index (χ3n) is 3.78. The number of fused-ring (bicyclic) bond motifs is 1. The maximum atomic E-state index is 13.6. The second-order valence-electron chi connectivity index (χ2n) is 5.15. The number of carboxylic acid groups (broad SMARTS) is 1. The van der Waals surface area contributed by atoms with Crippen LogP contribution in [0, 0.1) is 5.92 Å². The summed E-state index contributed by atoms with van der Waals surface area (Å²) in [4.78, 5) is 22.3. The second-order valence-corrected chi connectivity index (χ2v) is 6.54. The highest BCUT2D eigenvalue weighted by molar-refractivity contribution is 8.01. The highest BCUT2D eigenvalue weighted by Gasteiger charge is 2.45. The van der Waals surface area contributed by atoms with Crippen molar-refractivity contribution in [3.63, 3.8) is 0 Å². The van der Waals surface area contributed by atoms with E-state index in [9.17, 15) is 14.0 Å². The fourth-order valence-corrected chi connectivity index (χ4v) is 4.35. The van der Waals surface area contributed by atoms with E-state index in [4.69, 9.17) is 5.11 Å². The number of nitrogens with one attached hydrogen (secondary N) is 2.